The average molecular weight is 410 g/mol. The first-order valence-electron chi connectivity index (χ1n) is 10.1. The molecule has 2 aromatic carbocycles. The fourth-order valence-electron chi connectivity index (χ4n) is 3.64. The Morgan fingerprint density at radius 2 is 1.80 bits per heavy atom. The minimum atomic E-state index is -0.772. The number of hydrogen-bond donors (Lipinski definition) is 2. The van der Waals surface area contributed by atoms with E-state index in [2.05, 4.69) is 27.7 Å². The average Bonchev–Trinajstić information content (AvgIpc) is 3.29. The van der Waals surface area contributed by atoms with Crippen molar-refractivity contribution < 1.29 is 14.5 Å². The number of nitro benzene ring substituents is 1. The lowest BCUT2D eigenvalue weighted by Gasteiger charge is -2.28. The van der Waals surface area contributed by atoms with Crippen LogP contribution in [0, 0.1) is 10.1 Å². The predicted octanol–water partition coefficient (Wildman–Crippen LogP) is 2.67. The van der Waals surface area contributed by atoms with Crippen molar-refractivity contribution >= 4 is 17.5 Å². The summed E-state index contributed by atoms with van der Waals surface area (Å²) in [5, 5.41) is 16.4. The third kappa shape index (κ3) is 5.42. The predicted molar refractivity (Wildman–Crippen MR) is 113 cm³/mol. The molecule has 30 heavy (non-hydrogen) atoms. The molecule has 1 aliphatic rings. The highest BCUT2D eigenvalue weighted by molar-refractivity contribution is 5.97. The van der Waals surface area contributed by atoms with Crippen LogP contribution in [-0.2, 0) is 4.79 Å². The Bertz CT molecular complexity index is 897. The fraction of sp³-hybridized carbons (Fsp3) is 0.364. The molecule has 0 aliphatic carbocycles. The van der Waals surface area contributed by atoms with Crippen LogP contribution in [0.15, 0.2) is 54.6 Å². The smallest absolute Gasteiger partial charge is 0.270 e. The second-order valence-electron chi connectivity index (χ2n) is 7.42. The Labute approximate surface area is 175 Å². The first kappa shape index (κ1) is 21.4. The molecule has 2 atom stereocenters. The highest BCUT2D eigenvalue weighted by Crippen LogP contribution is 2.24. The van der Waals surface area contributed by atoms with E-state index in [1.807, 2.05) is 18.2 Å². The van der Waals surface area contributed by atoms with Gasteiger partial charge in [0.2, 0.25) is 5.91 Å². The van der Waals surface area contributed by atoms with Gasteiger partial charge in [-0.05, 0) is 44.5 Å². The van der Waals surface area contributed by atoms with E-state index in [9.17, 15) is 19.7 Å². The molecule has 8 heteroatoms. The number of hydrogen-bond acceptors (Lipinski definition) is 5. The van der Waals surface area contributed by atoms with Gasteiger partial charge in [0.15, 0.2) is 0 Å². The highest BCUT2D eigenvalue weighted by Gasteiger charge is 2.25. The molecule has 0 aromatic heterocycles. The third-order valence-electron chi connectivity index (χ3n) is 5.30. The summed E-state index contributed by atoms with van der Waals surface area (Å²) in [4.78, 5) is 37.7. The summed E-state index contributed by atoms with van der Waals surface area (Å²) >= 11 is 0. The Hall–Kier alpha value is -3.26. The number of nitrogens with one attached hydrogen (secondary N) is 2. The van der Waals surface area contributed by atoms with Crippen LogP contribution in [0.5, 0.6) is 0 Å². The summed E-state index contributed by atoms with van der Waals surface area (Å²) in [6, 6.07) is 14.8. The Balaban J connectivity index is 1.59. The lowest BCUT2D eigenvalue weighted by Crippen LogP contribution is -2.47. The van der Waals surface area contributed by atoms with E-state index in [1.165, 1.54) is 24.3 Å². The summed E-state index contributed by atoms with van der Waals surface area (Å²) in [7, 11) is 0. The zero-order valence-electron chi connectivity index (χ0n) is 16.9. The largest absolute Gasteiger partial charge is 0.352 e. The van der Waals surface area contributed by atoms with Crippen LogP contribution in [0.4, 0.5) is 5.69 Å². The fourth-order valence-corrected chi connectivity index (χ4v) is 3.64. The SMILES string of the molecule is C[C@H](NC(=O)c1cccc([N+](=O)[O-])c1)C(=O)NCC(c1ccccc1)N1CCCC1. The molecule has 1 unspecified atom stereocenters. The van der Waals surface area contributed by atoms with Crippen molar-refractivity contribution in [1.82, 2.24) is 15.5 Å². The second kappa shape index (κ2) is 9.98. The Morgan fingerprint density at radius 3 is 2.47 bits per heavy atom. The van der Waals surface area contributed by atoms with Crippen LogP contribution >= 0.6 is 0 Å². The van der Waals surface area contributed by atoms with Gasteiger partial charge in [-0.25, -0.2) is 0 Å². The lowest BCUT2D eigenvalue weighted by molar-refractivity contribution is -0.384. The first-order valence-corrected chi connectivity index (χ1v) is 10.1. The monoisotopic (exact) mass is 410 g/mol. The van der Waals surface area contributed by atoms with Gasteiger partial charge >= 0.3 is 0 Å². The van der Waals surface area contributed by atoms with Crippen LogP contribution < -0.4 is 10.6 Å². The molecule has 1 saturated heterocycles. The molecule has 0 bridgehead atoms. The van der Waals surface area contributed by atoms with Gasteiger partial charge in [0.25, 0.3) is 11.6 Å². The Kier molecular flexibility index (Phi) is 7.13. The van der Waals surface area contributed by atoms with Gasteiger partial charge in [-0.1, -0.05) is 36.4 Å². The zero-order chi connectivity index (χ0) is 21.5. The number of carbonyl (C=O) groups is 2. The molecule has 2 amide bonds. The van der Waals surface area contributed by atoms with Crippen molar-refractivity contribution in [3.05, 3.63) is 75.8 Å². The van der Waals surface area contributed by atoms with Crippen LogP contribution in [0.3, 0.4) is 0 Å². The van der Waals surface area contributed by atoms with Crippen molar-refractivity contribution in [2.45, 2.75) is 31.8 Å². The van der Waals surface area contributed by atoms with E-state index in [4.69, 9.17) is 0 Å². The van der Waals surface area contributed by atoms with Crippen molar-refractivity contribution in [2.24, 2.45) is 0 Å². The van der Waals surface area contributed by atoms with E-state index in [0.29, 0.717) is 6.54 Å². The number of rotatable bonds is 8. The molecule has 1 heterocycles. The van der Waals surface area contributed by atoms with Crippen molar-refractivity contribution in [2.75, 3.05) is 19.6 Å². The van der Waals surface area contributed by atoms with Crippen LogP contribution in [0.1, 0.15) is 41.7 Å². The molecule has 158 valence electrons. The van der Waals surface area contributed by atoms with Gasteiger partial charge < -0.3 is 10.6 Å². The van der Waals surface area contributed by atoms with E-state index >= 15 is 0 Å². The van der Waals surface area contributed by atoms with Crippen LogP contribution in [0.2, 0.25) is 0 Å². The molecule has 1 aliphatic heterocycles. The second-order valence-corrected chi connectivity index (χ2v) is 7.42. The minimum absolute atomic E-state index is 0.0809. The highest BCUT2D eigenvalue weighted by atomic mass is 16.6. The number of nitro groups is 1. The molecular weight excluding hydrogens is 384 g/mol. The standard InChI is InChI=1S/C22H26N4O4/c1-16(24-22(28)18-10-7-11-19(14-18)26(29)30)21(27)23-15-20(25-12-5-6-13-25)17-8-3-2-4-9-17/h2-4,7-11,14,16,20H,5-6,12-13,15H2,1H3,(H,23,27)(H,24,28)/t16-,20?/m0/s1. The number of amides is 2. The topological polar surface area (TPSA) is 105 Å². The quantitative estimate of drug-likeness (QED) is 0.514. The van der Waals surface area contributed by atoms with E-state index < -0.39 is 16.9 Å². The maximum Gasteiger partial charge on any atom is 0.270 e. The van der Waals surface area contributed by atoms with Crippen LogP contribution in [0.25, 0.3) is 0 Å². The van der Waals surface area contributed by atoms with Crippen molar-refractivity contribution in [3.8, 4) is 0 Å². The van der Waals surface area contributed by atoms with Crippen molar-refractivity contribution in [3.63, 3.8) is 0 Å². The first-order chi connectivity index (χ1) is 14.5. The summed E-state index contributed by atoms with van der Waals surface area (Å²) in [6.07, 6.45) is 2.29. The summed E-state index contributed by atoms with van der Waals surface area (Å²) in [6.45, 7) is 4.03. The van der Waals surface area contributed by atoms with Crippen molar-refractivity contribution in [1.29, 1.82) is 0 Å². The molecule has 2 aromatic rings. The summed E-state index contributed by atoms with van der Waals surface area (Å²) in [5.74, 6) is -0.825. The number of benzene rings is 2. The van der Waals surface area contributed by atoms with Gasteiger partial charge in [0.1, 0.15) is 6.04 Å². The lowest BCUT2D eigenvalue weighted by atomic mass is 10.1. The molecule has 0 spiro atoms. The number of likely N-dealkylation sites (tertiary alicyclic amines) is 1. The summed E-state index contributed by atoms with van der Waals surface area (Å²) in [5.41, 5.74) is 1.12. The number of non-ortho nitro benzene ring substituents is 1. The maximum absolute atomic E-state index is 12.6. The van der Waals surface area contributed by atoms with Gasteiger partial charge in [-0.15, -0.1) is 0 Å². The molecule has 1 fully saturated rings. The minimum Gasteiger partial charge on any atom is -0.352 e. The maximum atomic E-state index is 12.6. The molecule has 8 nitrogen and oxygen atoms in total. The zero-order valence-corrected chi connectivity index (χ0v) is 16.9. The van der Waals surface area contributed by atoms with E-state index in [1.54, 1.807) is 6.92 Å². The molecule has 2 N–H and O–H groups in total. The van der Waals surface area contributed by atoms with Gasteiger partial charge in [-0.2, -0.15) is 0 Å². The normalized spacial score (nSPS) is 15.9. The van der Waals surface area contributed by atoms with Gasteiger partial charge in [-0.3, -0.25) is 24.6 Å². The summed E-state index contributed by atoms with van der Waals surface area (Å²) < 4.78 is 0. The molecule has 3 rings (SSSR count). The molecule has 0 saturated carbocycles. The third-order valence-corrected chi connectivity index (χ3v) is 5.30. The van der Waals surface area contributed by atoms with E-state index in [-0.39, 0.29) is 23.2 Å². The van der Waals surface area contributed by atoms with Gasteiger partial charge in [0, 0.05) is 24.2 Å². The number of nitrogens with zero attached hydrogens (tertiary/aromatic N) is 2. The van der Waals surface area contributed by atoms with Gasteiger partial charge in [0.05, 0.1) is 11.0 Å². The molecular formula is C22H26N4O4. The van der Waals surface area contributed by atoms with E-state index in [0.717, 1.165) is 31.5 Å². The Morgan fingerprint density at radius 1 is 1.10 bits per heavy atom. The van der Waals surface area contributed by atoms with Crippen LogP contribution in [-0.4, -0.2) is 47.3 Å². The molecule has 0 radical (unpaired) electrons. The number of carbonyl (C=O) groups excluding carboxylic acids is 2.